The van der Waals surface area contributed by atoms with Crippen LogP contribution in [0.3, 0.4) is 0 Å². The molecule has 59 heavy (non-hydrogen) atoms. The van der Waals surface area contributed by atoms with Crippen molar-refractivity contribution in [3.8, 4) is 0 Å². The summed E-state index contributed by atoms with van der Waals surface area (Å²) in [6.07, 6.45) is -0.862. The lowest BCUT2D eigenvalue weighted by atomic mass is 9.79. The van der Waals surface area contributed by atoms with E-state index >= 15 is 0 Å². The van der Waals surface area contributed by atoms with Crippen molar-refractivity contribution in [3.05, 3.63) is 0 Å². The third kappa shape index (κ3) is 12.0. The fourth-order valence-corrected chi connectivity index (χ4v) is 11.2. The SMILES string of the molecule is CC1(C)CC(OC(=O)C(CC(=O)OC2CC(C)(C)N(O)C(C)(C)C2)C(CC(=O)OC2CC(C)(C)N(O)C(C)(C)C2)C(=O)OC2CC(C)(C)N(O)C(C)(C)C2)CC(C)(C)N1. The summed E-state index contributed by atoms with van der Waals surface area (Å²) in [4.78, 5) is 57.5. The van der Waals surface area contributed by atoms with Gasteiger partial charge in [0.1, 0.15) is 24.4 Å². The molecule has 4 fully saturated rings. The van der Waals surface area contributed by atoms with Gasteiger partial charge >= 0.3 is 23.9 Å². The Morgan fingerprint density at radius 2 is 0.661 bits per heavy atom. The van der Waals surface area contributed by atoms with E-state index in [2.05, 4.69) is 5.32 Å². The molecule has 0 radical (unpaired) electrons. The zero-order valence-electron chi connectivity index (χ0n) is 39.0. The van der Waals surface area contributed by atoms with Gasteiger partial charge in [0.25, 0.3) is 0 Å². The minimum atomic E-state index is -1.49. The number of nitrogens with one attached hydrogen (secondary N) is 1. The smallest absolute Gasteiger partial charge is 0.310 e. The van der Waals surface area contributed by atoms with Crippen molar-refractivity contribution in [2.75, 3.05) is 0 Å². The minimum absolute atomic E-state index is 0.269. The average molecular weight is 839 g/mol. The highest BCUT2D eigenvalue weighted by molar-refractivity contribution is 5.88. The fourth-order valence-electron chi connectivity index (χ4n) is 11.2. The van der Waals surface area contributed by atoms with E-state index in [1.807, 2.05) is 111 Å². The number of carbonyl (C=O) groups excluding carboxylic acids is 4. The Morgan fingerprint density at radius 1 is 0.441 bits per heavy atom. The number of nitrogens with zero attached hydrogens (tertiary/aromatic N) is 3. The summed E-state index contributed by atoms with van der Waals surface area (Å²) in [7, 11) is 0. The monoisotopic (exact) mass is 839 g/mol. The number of hydroxylamine groups is 6. The molecular weight excluding hydrogens is 761 g/mol. The van der Waals surface area contributed by atoms with Crippen LogP contribution in [0.4, 0.5) is 0 Å². The third-order valence-electron chi connectivity index (χ3n) is 13.0. The Labute approximate surface area is 353 Å². The number of hydrogen-bond acceptors (Lipinski definition) is 15. The molecule has 0 spiro atoms. The Bertz CT molecular complexity index is 1500. The van der Waals surface area contributed by atoms with E-state index in [-0.39, 0.29) is 12.8 Å². The van der Waals surface area contributed by atoms with Gasteiger partial charge < -0.3 is 39.9 Å². The molecule has 0 bridgehead atoms. The van der Waals surface area contributed by atoms with Crippen LogP contribution in [0.15, 0.2) is 0 Å². The summed E-state index contributed by atoms with van der Waals surface area (Å²) in [6, 6.07) is 0. The highest BCUT2D eigenvalue weighted by Gasteiger charge is 2.51. The minimum Gasteiger partial charge on any atom is -0.462 e. The molecule has 0 aromatic carbocycles. The van der Waals surface area contributed by atoms with Gasteiger partial charge in [0, 0.05) is 95.7 Å². The van der Waals surface area contributed by atoms with Crippen molar-refractivity contribution in [1.29, 1.82) is 0 Å². The van der Waals surface area contributed by atoms with Gasteiger partial charge in [-0.2, -0.15) is 15.2 Å². The van der Waals surface area contributed by atoms with Crippen LogP contribution in [-0.4, -0.2) is 123 Å². The molecule has 0 aromatic heterocycles. The van der Waals surface area contributed by atoms with Gasteiger partial charge in [-0.25, -0.2) is 0 Å². The molecule has 0 aromatic rings. The van der Waals surface area contributed by atoms with Crippen LogP contribution in [0.1, 0.15) is 175 Å². The lowest BCUT2D eigenvalue weighted by Gasteiger charge is -2.51. The molecule has 4 aliphatic heterocycles. The molecule has 2 unspecified atom stereocenters. The topological polar surface area (TPSA) is 188 Å². The summed E-state index contributed by atoms with van der Waals surface area (Å²) < 4.78 is 24.5. The van der Waals surface area contributed by atoms with Gasteiger partial charge in [0.2, 0.25) is 0 Å². The second-order valence-corrected chi connectivity index (χ2v) is 23.3. The van der Waals surface area contributed by atoms with Crippen molar-refractivity contribution in [2.24, 2.45) is 11.8 Å². The average Bonchev–Trinajstić information content (AvgIpc) is 3.00. The second-order valence-electron chi connectivity index (χ2n) is 23.3. The van der Waals surface area contributed by atoms with E-state index in [1.54, 1.807) is 0 Å². The molecule has 4 heterocycles. The Hall–Kier alpha value is -2.40. The highest BCUT2D eigenvalue weighted by Crippen LogP contribution is 2.42. The summed E-state index contributed by atoms with van der Waals surface area (Å²) in [5.74, 6) is -6.14. The lowest BCUT2D eigenvalue weighted by molar-refractivity contribution is -0.261. The number of ether oxygens (including phenoxy) is 4. The van der Waals surface area contributed by atoms with E-state index in [1.165, 1.54) is 15.2 Å². The molecule has 15 nitrogen and oxygen atoms in total. The maximum Gasteiger partial charge on any atom is 0.310 e. The van der Waals surface area contributed by atoms with Crippen molar-refractivity contribution < 1.29 is 53.7 Å². The van der Waals surface area contributed by atoms with Crippen LogP contribution in [0.5, 0.6) is 0 Å². The highest BCUT2D eigenvalue weighted by atomic mass is 16.6. The first kappa shape index (κ1) is 49.3. The van der Waals surface area contributed by atoms with Crippen LogP contribution in [0, 0.1) is 11.8 Å². The van der Waals surface area contributed by atoms with Gasteiger partial charge in [-0.15, -0.1) is 0 Å². The van der Waals surface area contributed by atoms with Gasteiger partial charge in [-0.1, -0.05) is 0 Å². The van der Waals surface area contributed by atoms with Crippen LogP contribution < -0.4 is 5.32 Å². The molecule has 2 atom stereocenters. The van der Waals surface area contributed by atoms with Crippen LogP contribution in [-0.2, 0) is 38.1 Å². The fraction of sp³-hybridized carbons (Fsp3) is 0.909. The maximum absolute atomic E-state index is 14.7. The number of rotatable bonds is 11. The van der Waals surface area contributed by atoms with Crippen molar-refractivity contribution in [1.82, 2.24) is 20.5 Å². The molecule has 4 rings (SSSR count). The van der Waals surface area contributed by atoms with Gasteiger partial charge in [0.15, 0.2) is 0 Å². The summed E-state index contributed by atoms with van der Waals surface area (Å²) in [5, 5.41) is 40.1. The first-order valence-corrected chi connectivity index (χ1v) is 21.5. The molecule has 15 heteroatoms. The second kappa shape index (κ2) is 16.7. The maximum atomic E-state index is 14.7. The summed E-state index contributed by atoms with van der Waals surface area (Å²) >= 11 is 0. The van der Waals surface area contributed by atoms with Crippen molar-refractivity contribution in [3.63, 3.8) is 0 Å². The van der Waals surface area contributed by atoms with Crippen LogP contribution >= 0.6 is 0 Å². The zero-order chi connectivity index (χ0) is 45.1. The number of piperidine rings is 4. The number of carbonyl (C=O) groups is 4. The standard InChI is InChI=1S/C44H78N4O11/c1-37(2)19-27(20-38(3,4)45-37)58-35(51)31(17-33(49)56-28-21-39(5,6)46(53)40(7,8)22-28)32(36(52)59-30-25-43(13,14)48(55)44(15,16)26-30)18-34(50)57-29-23-41(9,10)47(54)42(11,12)24-29/h27-32,45,53-55H,17-26H2,1-16H3. The Morgan fingerprint density at radius 3 is 0.915 bits per heavy atom. The molecule has 0 aliphatic carbocycles. The molecular formula is C44H78N4O11. The van der Waals surface area contributed by atoms with E-state index in [0.717, 1.165) is 0 Å². The first-order chi connectivity index (χ1) is 26.5. The van der Waals surface area contributed by atoms with Crippen LogP contribution in [0.25, 0.3) is 0 Å². The predicted octanol–water partition coefficient (Wildman–Crippen LogP) is 6.71. The molecule has 4 saturated heterocycles. The molecule has 4 aliphatic rings. The third-order valence-corrected chi connectivity index (χ3v) is 13.0. The van der Waals surface area contributed by atoms with Gasteiger partial charge in [-0.3, -0.25) is 19.2 Å². The van der Waals surface area contributed by atoms with Crippen molar-refractivity contribution in [2.45, 2.75) is 244 Å². The molecule has 340 valence electrons. The predicted molar refractivity (Wildman–Crippen MR) is 219 cm³/mol. The lowest BCUT2D eigenvalue weighted by Crippen LogP contribution is -2.61. The normalized spacial score (nSPS) is 28.2. The van der Waals surface area contributed by atoms with Crippen molar-refractivity contribution >= 4 is 23.9 Å². The van der Waals surface area contributed by atoms with Gasteiger partial charge in [-0.05, 0) is 111 Å². The van der Waals surface area contributed by atoms with Gasteiger partial charge in [0.05, 0.1) is 24.7 Å². The summed E-state index contributed by atoms with van der Waals surface area (Å²) in [5.41, 5.74) is -5.24. The molecule has 4 N–H and O–H groups in total. The largest absolute Gasteiger partial charge is 0.462 e. The van der Waals surface area contributed by atoms with E-state index in [9.17, 15) is 34.8 Å². The Kier molecular flexibility index (Phi) is 13.9. The van der Waals surface area contributed by atoms with E-state index in [0.29, 0.717) is 38.5 Å². The van der Waals surface area contributed by atoms with E-state index in [4.69, 9.17) is 18.9 Å². The summed E-state index contributed by atoms with van der Waals surface area (Å²) in [6.45, 7) is 30.2. The first-order valence-electron chi connectivity index (χ1n) is 21.5. The molecule has 0 saturated carbocycles. The Balaban J connectivity index is 1.71. The quantitative estimate of drug-likeness (QED) is 0.127. The zero-order valence-corrected chi connectivity index (χ0v) is 39.0. The number of esters is 4. The molecule has 0 amide bonds. The number of hydrogen-bond donors (Lipinski definition) is 4. The van der Waals surface area contributed by atoms with E-state index < -0.39 is 117 Å². The van der Waals surface area contributed by atoms with Crippen LogP contribution in [0.2, 0.25) is 0 Å².